The summed E-state index contributed by atoms with van der Waals surface area (Å²) < 4.78 is 14.4. The largest absolute Gasteiger partial charge is 0.309 e. The standard InChI is InChI=1S/C17H19BrFN/c1-10-7-13(19)5-6-14(10)17(20-4)15-8-12(3)16(18)9-11(15)2/h5-9,17,20H,1-4H3. The van der Waals surface area contributed by atoms with Crippen LogP contribution in [-0.2, 0) is 0 Å². The molecular weight excluding hydrogens is 317 g/mol. The van der Waals surface area contributed by atoms with Crippen molar-refractivity contribution in [3.05, 3.63) is 68.4 Å². The van der Waals surface area contributed by atoms with Crippen LogP contribution in [0.4, 0.5) is 4.39 Å². The van der Waals surface area contributed by atoms with Gasteiger partial charge in [0.05, 0.1) is 6.04 Å². The Bertz CT molecular complexity index is 637. The molecule has 106 valence electrons. The maximum Gasteiger partial charge on any atom is 0.123 e. The van der Waals surface area contributed by atoms with E-state index >= 15 is 0 Å². The molecule has 0 heterocycles. The van der Waals surface area contributed by atoms with E-state index in [-0.39, 0.29) is 11.9 Å². The molecule has 0 saturated carbocycles. The fourth-order valence-electron chi connectivity index (χ4n) is 2.56. The molecule has 0 radical (unpaired) electrons. The molecule has 20 heavy (non-hydrogen) atoms. The third-order valence-corrected chi connectivity index (χ3v) is 4.54. The molecule has 1 N–H and O–H groups in total. The molecule has 1 unspecified atom stereocenters. The second-order valence-electron chi connectivity index (χ2n) is 5.18. The van der Waals surface area contributed by atoms with E-state index in [1.165, 1.54) is 22.8 Å². The van der Waals surface area contributed by atoms with Gasteiger partial charge in [0.15, 0.2) is 0 Å². The summed E-state index contributed by atoms with van der Waals surface area (Å²) in [6, 6.07) is 9.36. The van der Waals surface area contributed by atoms with E-state index in [1.807, 2.05) is 20.0 Å². The van der Waals surface area contributed by atoms with Gasteiger partial charge in [-0.3, -0.25) is 0 Å². The maximum atomic E-state index is 13.3. The summed E-state index contributed by atoms with van der Waals surface area (Å²) in [5.74, 6) is -0.190. The van der Waals surface area contributed by atoms with Crippen molar-refractivity contribution in [1.82, 2.24) is 5.32 Å². The van der Waals surface area contributed by atoms with Gasteiger partial charge < -0.3 is 5.32 Å². The quantitative estimate of drug-likeness (QED) is 0.847. The number of nitrogens with one attached hydrogen (secondary N) is 1. The first-order chi connectivity index (χ1) is 9.43. The summed E-state index contributed by atoms with van der Waals surface area (Å²) in [6.07, 6.45) is 0. The van der Waals surface area contributed by atoms with Crippen LogP contribution in [0.15, 0.2) is 34.8 Å². The van der Waals surface area contributed by atoms with Gasteiger partial charge in [0.1, 0.15) is 5.82 Å². The van der Waals surface area contributed by atoms with Crippen molar-refractivity contribution in [3.63, 3.8) is 0 Å². The van der Waals surface area contributed by atoms with Crippen molar-refractivity contribution in [2.75, 3.05) is 7.05 Å². The predicted octanol–water partition coefficient (Wildman–Crippen LogP) is 4.82. The Kier molecular flexibility index (Phi) is 4.61. The van der Waals surface area contributed by atoms with Crippen LogP contribution in [0.2, 0.25) is 0 Å². The Morgan fingerprint density at radius 3 is 2.20 bits per heavy atom. The molecule has 1 nitrogen and oxygen atoms in total. The summed E-state index contributed by atoms with van der Waals surface area (Å²) in [5.41, 5.74) is 5.71. The highest BCUT2D eigenvalue weighted by molar-refractivity contribution is 9.10. The normalized spacial score (nSPS) is 12.5. The fraction of sp³-hybridized carbons (Fsp3) is 0.294. The number of hydrogen-bond donors (Lipinski definition) is 1. The van der Waals surface area contributed by atoms with E-state index in [4.69, 9.17) is 0 Å². The van der Waals surface area contributed by atoms with Crippen molar-refractivity contribution >= 4 is 15.9 Å². The van der Waals surface area contributed by atoms with Gasteiger partial charge in [-0.2, -0.15) is 0 Å². The Hall–Kier alpha value is -1.19. The lowest BCUT2D eigenvalue weighted by Gasteiger charge is -2.22. The lowest BCUT2D eigenvalue weighted by Crippen LogP contribution is -2.20. The van der Waals surface area contributed by atoms with Crippen molar-refractivity contribution in [3.8, 4) is 0 Å². The first kappa shape index (κ1) is 15.2. The molecule has 0 fully saturated rings. The Labute approximate surface area is 128 Å². The van der Waals surface area contributed by atoms with Crippen LogP contribution < -0.4 is 5.32 Å². The van der Waals surface area contributed by atoms with Gasteiger partial charge in [-0.1, -0.05) is 28.1 Å². The number of halogens is 2. The van der Waals surface area contributed by atoms with Crippen molar-refractivity contribution in [1.29, 1.82) is 0 Å². The molecule has 3 heteroatoms. The molecule has 0 spiro atoms. The first-order valence-electron chi connectivity index (χ1n) is 6.64. The van der Waals surface area contributed by atoms with Crippen LogP contribution in [0.25, 0.3) is 0 Å². The molecule has 0 aromatic heterocycles. The van der Waals surface area contributed by atoms with Crippen LogP contribution in [-0.4, -0.2) is 7.05 Å². The predicted molar refractivity (Wildman–Crippen MR) is 85.7 cm³/mol. The number of hydrogen-bond acceptors (Lipinski definition) is 1. The maximum absolute atomic E-state index is 13.3. The van der Waals surface area contributed by atoms with Gasteiger partial charge in [0.2, 0.25) is 0 Å². The van der Waals surface area contributed by atoms with E-state index in [0.717, 1.165) is 15.6 Å². The summed E-state index contributed by atoms with van der Waals surface area (Å²) in [4.78, 5) is 0. The van der Waals surface area contributed by atoms with Gasteiger partial charge >= 0.3 is 0 Å². The van der Waals surface area contributed by atoms with E-state index in [9.17, 15) is 4.39 Å². The van der Waals surface area contributed by atoms with Gasteiger partial charge in [-0.25, -0.2) is 4.39 Å². The first-order valence-corrected chi connectivity index (χ1v) is 7.43. The van der Waals surface area contributed by atoms with Crippen LogP contribution >= 0.6 is 15.9 Å². The third-order valence-electron chi connectivity index (χ3n) is 3.69. The van der Waals surface area contributed by atoms with Crippen LogP contribution in [0.3, 0.4) is 0 Å². The van der Waals surface area contributed by atoms with E-state index in [0.29, 0.717) is 0 Å². The van der Waals surface area contributed by atoms with Gasteiger partial charge in [-0.15, -0.1) is 0 Å². The minimum Gasteiger partial charge on any atom is -0.309 e. The number of rotatable bonds is 3. The lowest BCUT2D eigenvalue weighted by molar-refractivity contribution is 0.620. The summed E-state index contributed by atoms with van der Waals surface area (Å²) in [5, 5.41) is 3.34. The summed E-state index contributed by atoms with van der Waals surface area (Å²) in [6.45, 7) is 6.13. The Balaban J connectivity index is 2.55. The number of benzene rings is 2. The van der Waals surface area contributed by atoms with Crippen LogP contribution in [0.5, 0.6) is 0 Å². The van der Waals surface area contributed by atoms with E-state index < -0.39 is 0 Å². The van der Waals surface area contributed by atoms with E-state index in [1.54, 1.807) is 6.07 Å². The molecule has 2 aromatic rings. The molecule has 2 rings (SSSR count). The molecule has 1 atom stereocenters. The summed E-state index contributed by atoms with van der Waals surface area (Å²) in [7, 11) is 1.93. The molecule has 0 aliphatic rings. The third kappa shape index (κ3) is 2.94. The van der Waals surface area contributed by atoms with Crippen molar-refractivity contribution in [2.45, 2.75) is 26.8 Å². The Morgan fingerprint density at radius 2 is 1.60 bits per heavy atom. The van der Waals surface area contributed by atoms with Crippen molar-refractivity contribution < 1.29 is 4.39 Å². The average molecular weight is 336 g/mol. The minimum atomic E-state index is -0.190. The summed E-state index contributed by atoms with van der Waals surface area (Å²) >= 11 is 3.56. The second kappa shape index (κ2) is 6.06. The fourth-order valence-corrected chi connectivity index (χ4v) is 3.01. The zero-order valence-corrected chi connectivity index (χ0v) is 13.8. The van der Waals surface area contributed by atoms with Gasteiger partial charge in [0.25, 0.3) is 0 Å². The molecule has 0 amide bonds. The van der Waals surface area contributed by atoms with Crippen LogP contribution in [0.1, 0.15) is 33.9 Å². The SMILES string of the molecule is CNC(c1ccc(F)cc1C)c1cc(C)c(Br)cc1C. The average Bonchev–Trinajstić information content (AvgIpc) is 2.38. The zero-order valence-electron chi connectivity index (χ0n) is 12.2. The molecular formula is C17H19BrFN. The van der Waals surface area contributed by atoms with E-state index in [2.05, 4.69) is 47.2 Å². The lowest BCUT2D eigenvalue weighted by atomic mass is 9.91. The monoisotopic (exact) mass is 335 g/mol. The highest BCUT2D eigenvalue weighted by Gasteiger charge is 2.17. The number of aryl methyl sites for hydroxylation is 3. The van der Waals surface area contributed by atoms with Crippen molar-refractivity contribution in [2.24, 2.45) is 0 Å². The topological polar surface area (TPSA) is 12.0 Å². The molecule has 0 aliphatic carbocycles. The smallest absolute Gasteiger partial charge is 0.123 e. The second-order valence-corrected chi connectivity index (χ2v) is 6.03. The highest BCUT2D eigenvalue weighted by atomic mass is 79.9. The van der Waals surface area contributed by atoms with Gasteiger partial charge in [0, 0.05) is 4.47 Å². The molecule has 0 aliphatic heterocycles. The molecule has 2 aromatic carbocycles. The van der Waals surface area contributed by atoms with Crippen LogP contribution in [0, 0.1) is 26.6 Å². The molecule has 0 bridgehead atoms. The zero-order chi connectivity index (χ0) is 14.9. The Morgan fingerprint density at radius 1 is 0.950 bits per heavy atom. The molecule has 0 saturated heterocycles. The highest BCUT2D eigenvalue weighted by Crippen LogP contribution is 2.30. The van der Waals surface area contributed by atoms with Gasteiger partial charge in [-0.05, 0) is 73.8 Å². The minimum absolute atomic E-state index is 0.0717.